The van der Waals surface area contributed by atoms with Gasteiger partial charge in [-0.1, -0.05) is 43.2 Å². The Balaban J connectivity index is 1.28. The molecule has 2 amide bonds. The lowest BCUT2D eigenvalue weighted by atomic mass is 9.84. The third kappa shape index (κ3) is 3.99. The summed E-state index contributed by atoms with van der Waals surface area (Å²) in [6.45, 7) is 0.742. The van der Waals surface area contributed by atoms with E-state index in [1.165, 1.54) is 6.42 Å². The van der Waals surface area contributed by atoms with Gasteiger partial charge in [0.1, 0.15) is 18.8 Å². The average Bonchev–Trinajstić information content (AvgIpc) is 3.22. The minimum Gasteiger partial charge on any atom is -0.486 e. The van der Waals surface area contributed by atoms with Gasteiger partial charge in [-0.25, -0.2) is 0 Å². The van der Waals surface area contributed by atoms with E-state index in [2.05, 4.69) is 5.32 Å². The molecule has 3 aliphatic rings. The molecule has 2 aliphatic heterocycles. The quantitative estimate of drug-likeness (QED) is 0.823. The zero-order valence-corrected chi connectivity index (χ0v) is 17.5. The van der Waals surface area contributed by atoms with E-state index in [1.807, 2.05) is 59.5 Å². The van der Waals surface area contributed by atoms with Crippen LogP contribution in [0, 0.1) is 5.92 Å². The second kappa shape index (κ2) is 8.61. The van der Waals surface area contributed by atoms with Crippen molar-refractivity contribution in [2.45, 2.75) is 50.3 Å². The second-order valence-electron chi connectivity index (χ2n) is 8.68. The van der Waals surface area contributed by atoms with Crippen LogP contribution in [-0.2, 0) is 4.79 Å². The Kier molecular flexibility index (Phi) is 5.53. The lowest BCUT2D eigenvalue weighted by Crippen LogP contribution is -2.51. The van der Waals surface area contributed by atoms with E-state index in [9.17, 15) is 9.59 Å². The van der Waals surface area contributed by atoms with Gasteiger partial charge in [-0.3, -0.25) is 9.59 Å². The van der Waals surface area contributed by atoms with Gasteiger partial charge in [0.05, 0.1) is 6.54 Å². The number of carbonyl (C=O) groups is 2. The van der Waals surface area contributed by atoms with Crippen LogP contribution < -0.4 is 14.8 Å². The first-order valence-electron chi connectivity index (χ1n) is 11.2. The van der Waals surface area contributed by atoms with Crippen molar-refractivity contribution in [3.05, 3.63) is 60.2 Å². The summed E-state index contributed by atoms with van der Waals surface area (Å²) < 4.78 is 11.7. The molecule has 0 aromatic heterocycles. The third-order valence-corrected chi connectivity index (χ3v) is 6.72. The number of hydrogen-bond donors (Lipinski definition) is 1. The van der Waals surface area contributed by atoms with Crippen molar-refractivity contribution in [2.75, 3.05) is 13.2 Å². The number of amides is 2. The summed E-state index contributed by atoms with van der Waals surface area (Å²) in [5.41, 5.74) is 0.646. The number of benzene rings is 2. The van der Waals surface area contributed by atoms with Crippen molar-refractivity contribution >= 4 is 11.8 Å². The number of ether oxygens (including phenoxy) is 2. The van der Waals surface area contributed by atoms with E-state index >= 15 is 0 Å². The number of carbonyl (C=O) groups excluding carboxylic acids is 2. The first-order valence-corrected chi connectivity index (χ1v) is 11.2. The van der Waals surface area contributed by atoms with E-state index in [1.54, 1.807) is 0 Å². The summed E-state index contributed by atoms with van der Waals surface area (Å²) >= 11 is 0. The van der Waals surface area contributed by atoms with Crippen molar-refractivity contribution in [2.24, 2.45) is 5.92 Å². The Morgan fingerprint density at radius 2 is 1.71 bits per heavy atom. The topological polar surface area (TPSA) is 67.9 Å². The summed E-state index contributed by atoms with van der Waals surface area (Å²) in [6.07, 6.45) is 4.84. The van der Waals surface area contributed by atoms with Gasteiger partial charge in [0.15, 0.2) is 11.5 Å². The number of rotatable bonds is 4. The Morgan fingerprint density at radius 3 is 2.55 bits per heavy atom. The third-order valence-electron chi connectivity index (χ3n) is 6.72. The average molecular weight is 421 g/mol. The molecule has 0 radical (unpaired) electrons. The Morgan fingerprint density at radius 1 is 0.968 bits per heavy atom. The molecule has 6 heteroatoms. The number of para-hydroxylation sites is 2. The standard InChI is InChI=1S/C25H28N2O4/c28-24(26-15-19-16-30-22-12-6-7-13-23(22)31-19)21-14-18-10-4-5-11-20(18)27(21)25(29)17-8-2-1-3-9-17/h1-3,6-9,12-13,18-21H,4-5,10-11,14-16H2,(H,26,28). The molecule has 4 atom stereocenters. The van der Waals surface area contributed by atoms with Crippen molar-refractivity contribution in [3.8, 4) is 11.5 Å². The zero-order valence-electron chi connectivity index (χ0n) is 17.5. The van der Waals surface area contributed by atoms with Crippen LogP contribution in [0.4, 0.5) is 0 Å². The van der Waals surface area contributed by atoms with Crippen LogP contribution in [0.1, 0.15) is 42.5 Å². The minimum absolute atomic E-state index is 0.0404. The van der Waals surface area contributed by atoms with E-state index in [0.717, 1.165) is 31.4 Å². The van der Waals surface area contributed by atoms with Crippen LogP contribution >= 0.6 is 0 Å². The SMILES string of the molecule is O=C(NCC1COc2ccccc2O1)C1CC2CCCCC2N1C(=O)c1ccccc1. The highest BCUT2D eigenvalue weighted by atomic mass is 16.6. The van der Waals surface area contributed by atoms with Crippen LogP contribution in [0.2, 0.25) is 0 Å². The predicted octanol–water partition coefficient (Wildman–Crippen LogP) is 3.42. The van der Waals surface area contributed by atoms with Crippen molar-refractivity contribution in [1.29, 1.82) is 0 Å². The molecule has 1 aliphatic carbocycles. The summed E-state index contributed by atoms with van der Waals surface area (Å²) in [4.78, 5) is 28.4. The summed E-state index contributed by atoms with van der Waals surface area (Å²) in [7, 11) is 0. The first-order chi connectivity index (χ1) is 15.2. The van der Waals surface area contributed by atoms with Gasteiger partial charge in [-0.15, -0.1) is 0 Å². The molecule has 2 aromatic rings. The smallest absolute Gasteiger partial charge is 0.254 e. The van der Waals surface area contributed by atoms with Crippen molar-refractivity contribution in [1.82, 2.24) is 10.2 Å². The molecule has 4 unspecified atom stereocenters. The van der Waals surface area contributed by atoms with E-state index < -0.39 is 6.04 Å². The fourth-order valence-electron chi connectivity index (χ4n) is 5.21. The molecule has 1 saturated carbocycles. The zero-order chi connectivity index (χ0) is 21.2. The maximum atomic E-state index is 13.4. The fraction of sp³-hybridized carbons (Fsp3) is 0.440. The molecular formula is C25H28N2O4. The van der Waals surface area contributed by atoms with Crippen molar-refractivity contribution in [3.63, 3.8) is 0 Å². The largest absolute Gasteiger partial charge is 0.486 e. The Labute approximate surface area is 182 Å². The minimum atomic E-state index is -0.433. The van der Waals surface area contributed by atoms with Crippen molar-refractivity contribution < 1.29 is 19.1 Å². The summed E-state index contributed by atoms with van der Waals surface area (Å²) in [5.74, 6) is 1.69. The molecule has 0 bridgehead atoms. The molecule has 0 spiro atoms. The number of hydrogen-bond acceptors (Lipinski definition) is 4. The van der Waals surface area contributed by atoms with Gasteiger partial charge in [0.25, 0.3) is 5.91 Å². The lowest BCUT2D eigenvalue weighted by Gasteiger charge is -2.34. The first kappa shape index (κ1) is 19.9. The number of nitrogens with zero attached hydrogens (tertiary/aromatic N) is 1. The molecule has 31 heavy (non-hydrogen) atoms. The molecule has 1 saturated heterocycles. The van der Waals surface area contributed by atoms with Gasteiger partial charge in [0, 0.05) is 11.6 Å². The highest BCUT2D eigenvalue weighted by Crippen LogP contribution is 2.40. The molecule has 5 rings (SSSR count). The molecule has 2 aromatic carbocycles. The van der Waals surface area contributed by atoms with Gasteiger partial charge in [-0.05, 0) is 49.4 Å². The molecule has 162 valence electrons. The van der Waals surface area contributed by atoms with Gasteiger partial charge < -0.3 is 19.7 Å². The van der Waals surface area contributed by atoms with Gasteiger partial charge >= 0.3 is 0 Å². The van der Waals surface area contributed by atoms with Crippen LogP contribution in [-0.4, -0.2) is 48.1 Å². The lowest BCUT2D eigenvalue weighted by molar-refractivity contribution is -0.125. The van der Waals surface area contributed by atoms with E-state index in [4.69, 9.17) is 9.47 Å². The molecule has 6 nitrogen and oxygen atoms in total. The monoisotopic (exact) mass is 420 g/mol. The van der Waals surface area contributed by atoms with Crippen LogP contribution in [0.25, 0.3) is 0 Å². The van der Waals surface area contributed by atoms with Gasteiger partial charge in [0.2, 0.25) is 5.91 Å². The number of fused-ring (bicyclic) bond motifs is 2. The van der Waals surface area contributed by atoms with E-state index in [0.29, 0.717) is 30.4 Å². The predicted molar refractivity (Wildman–Crippen MR) is 116 cm³/mol. The normalized spacial score (nSPS) is 26.8. The van der Waals surface area contributed by atoms with Crippen LogP contribution in [0.3, 0.4) is 0 Å². The van der Waals surface area contributed by atoms with E-state index in [-0.39, 0.29) is 24.0 Å². The molecule has 1 N–H and O–H groups in total. The number of nitrogens with one attached hydrogen (secondary N) is 1. The second-order valence-corrected chi connectivity index (χ2v) is 8.68. The van der Waals surface area contributed by atoms with Crippen LogP contribution in [0.15, 0.2) is 54.6 Å². The molecule has 2 heterocycles. The number of likely N-dealkylation sites (tertiary alicyclic amines) is 1. The fourth-order valence-corrected chi connectivity index (χ4v) is 5.21. The maximum absolute atomic E-state index is 13.4. The molecule has 2 fully saturated rings. The summed E-state index contributed by atoms with van der Waals surface area (Å²) in [5, 5.41) is 3.03. The summed E-state index contributed by atoms with van der Waals surface area (Å²) in [6, 6.07) is 16.6. The van der Waals surface area contributed by atoms with Crippen LogP contribution in [0.5, 0.6) is 11.5 Å². The Bertz CT molecular complexity index is 948. The van der Waals surface area contributed by atoms with Gasteiger partial charge in [-0.2, -0.15) is 0 Å². The Hall–Kier alpha value is -3.02. The molecular weight excluding hydrogens is 392 g/mol. The maximum Gasteiger partial charge on any atom is 0.254 e. The highest BCUT2D eigenvalue weighted by Gasteiger charge is 2.47. The highest BCUT2D eigenvalue weighted by molar-refractivity contribution is 5.98.